The first-order valence-electron chi connectivity index (χ1n) is 6.16. The van der Waals surface area contributed by atoms with Crippen LogP contribution in [0, 0.1) is 5.82 Å². The summed E-state index contributed by atoms with van der Waals surface area (Å²) in [6.45, 7) is 0.889. The van der Waals surface area contributed by atoms with Crippen LogP contribution in [0.2, 0.25) is 5.02 Å². The molecule has 6 heteroatoms. The van der Waals surface area contributed by atoms with Crippen molar-refractivity contribution in [2.24, 2.45) is 0 Å². The smallest absolute Gasteiger partial charge is 0.196 e. The van der Waals surface area contributed by atoms with Gasteiger partial charge >= 0.3 is 0 Å². The van der Waals surface area contributed by atoms with E-state index in [4.69, 9.17) is 21.1 Å². The lowest BCUT2D eigenvalue weighted by molar-refractivity contribution is 0.103. The molecule has 108 valence electrons. The number of hydrogen-bond acceptors (Lipinski definition) is 3. The number of ether oxygens (including phenoxy) is 2. The van der Waals surface area contributed by atoms with Gasteiger partial charge in [0.05, 0.1) is 10.6 Å². The zero-order valence-corrected chi connectivity index (χ0v) is 13.0. The number of rotatable bonds is 2. The minimum absolute atomic E-state index is 0.0834. The van der Waals surface area contributed by atoms with E-state index < -0.39 is 11.6 Å². The monoisotopic (exact) mass is 370 g/mol. The Kier molecular flexibility index (Phi) is 3.87. The molecule has 1 aliphatic heterocycles. The second-order valence-electron chi connectivity index (χ2n) is 4.41. The first-order chi connectivity index (χ1) is 10.1. The molecular weight excluding hydrogens is 363 g/mol. The molecule has 0 N–H and O–H groups in total. The van der Waals surface area contributed by atoms with Gasteiger partial charge in [-0.05, 0) is 46.3 Å². The van der Waals surface area contributed by atoms with Crippen molar-refractivity contribution < 1.29 is 18.7 Å². The van der Waals surface area contributed by atoms with E-state index in [9.17, 15) is 9.18 Å². The molecule has 0 bridgehead atoms. The fourth-order valence-corrected chi connectivity index (χ4v) is 2.51. The van der Waals surface area contributed by atoms with Crippen LogP contribution in [0.3, 0.4) is 0 Å². The molecule has 0 fully saturated rings. The van der Waals surface area contributed by atoms with Gasteiger partial charge in [0.2, 0.25) is 0 Å². The Morgan fingerprint density at radius 3 is 2.62 bits per heavy atom. The Hall–Kier alpha value is -1.59. The number of fused-ring (bicyclic) bond motifs is 1. The molecule has 0 amide bonds. The average Bonchev–Trinajstić information content (AvgIpc) is 2.52. The molecule has 0 unspecified atom stereocenters. The third-order valence-corrected chi connectivity index (χ3v) is 4.34. The lowest BCUT2D eigenvalue weighted by Crippen LogP contribution is -2.16. The van der Waals surface area contributed by atoms with E-state index in [1.165, 1.54) is 12.1 Å². The maximum Gasteiger partial charge on any atom is 0.196 e. The number of benzene rings is 2. The molecule has 1 aliphatic rings. The molecule has 21 heavy (non-hydrogen) atoms. The highest BCUT2D eigenvalue weighted by Crippen LogP contribution is 2.33. The van der Waals surface area contributed by atoms with Crippen molar-refractivity contribution in [3.8, 4) is 11.5 Å². The molecule has 2 aromatic rings. The van der Waals surface area contributed by atoms with E-state index in [0.717, 1.165) is 0 Å². The summed E-state index contributed by atoms with van der Waals surface area (Å²) < 4.78 is 25.3. The van der Waals surface area contributed by atoms with Crippen LogP contribution in [0.15, 0.2) is 34.8 Å². The van der Waals surface area contributed by atoms with Crippen LogP contribution in [0.5, 0.6) is 11.5 Å². The van der Waals surface area contributed by atoms with Crippen molar-refractivity contribution >= 4 is 33.3 Å². The predicted octanol–water partition coefficient (Wildman–Crippen LogP) is 4.24. The molecular formula is C15H9BrClFO3. The highest BCUT2D eigenvalue weighted by atomic mass is 79.9. The van der Waals surface area contributed by atoms with Gasteiger partial charge in [-0.25, -0.2) is 4.39 Å². The van der Waals surface area contributed by atoms with E-state index in [0.29, 0.717) is 34.7 Å². The SMILES string of the molecule is O=C(c1ccc2c(c1)OCCO2)c1ccc(Br)c(Cl)c1F. The molecule has 0 spiro atoms. The van der Waals surface area contributed by atoms with Gasteiger partial charge < -0.3 is 9.47 Å². The van der Waals surface area contributed by atoms with Gasteiger partial charge in [-0.15, -0.1) is 0 Å². The van der Waals surface area contributed by atoms with Crippen LogP contribution in [0.25, 0.3) is 0 Å². The summed E-state index contributed by atoms with van der Waals surface area (Å²) in [4.78, 5) is 12.4. The Labute approximate surface area is 133 Å². The second kappa shape index (κ2) is 5.66. The molecule has 2 aromatic carbocycles. The van der Waals surface area contributed by atoms with E-state index in [1.807, 2.05) is 0 Å². The van der Waals surface area contributed by atoms with Gasteiger partial charge in [0.1, 0.15) is 13.2 Å². The summed E-state index contributed by atoms with van der Waals surface area (Å²) in [6, 6.07) is 7.69. The summed E-state index contributed by atoms with van der Waals surface area (Å²) in [6.07, 6.45) is 0. The summed E-state index contributed by atoms with van der Waals surface area (Å²) in [5.41, 5.74) is 0.233. The molecule has 0 saturated heterocycles. The van der Waals surface area contributed by atoms with Gasteiger partial charge in [-0.3, -0.25) is 4.79 Å². The Morgan fingerprint density at radius 1 is 1.14 bits per heavy atom. The largest absolute Gasteiger partial charge is 0.486 e. The van der Waals surface area contributed by atoms with Gasteiger partial charge in [0.25, 0.3) is 0 Å². The Balaban J connectivity index is 2.01. The normalized spacial score (nSPS) is 13.1. The van der Waals surface area contributed by atoms with E-state index in [-0.39, 0.29) is 10.6 Å². The second-order valence-corrected chi connectivity index (χ2v) is 5.64. The van der Waals surface area contributed by atoms with Gasteiger partial charge in [-0.2, -0.15) is 0 Å². The van der Waals surface area contributed by atoms with Crippen molar-refractivity contribution in [3.63, 3.8) is 0 Å². The maximum absolute atomic E-state index is 14.1. The molecule has 3 rings (SSSR count). The number of halogens is 3. The van der Waals surface area contributed by atoms with Crippen LogP contribution in [0.4, 0.5) is 4.39 Å². The van der Waals surface area contributed by atoms with Crippen molar-refractivity contribution in [1.29, 1.82) is 0 Å². The predicted molar refractivity (Wildman–Crippen MR) is 80.0 cm³/mol. The standard InChI is InChI=1S/C15H9BrClFO3/c16-10-3-2-9(14(18)13(10)17)15(19)8-1-4-11-12(7-8)21-6-5-20-11/h1-4,7H,5-6H2. The number of carbonyl (C=O) groups excluding carboxylic acids is 1. The van der Waals surface area contributed by atoms with Crippen molar-refractivity contribution in [2.75, 3.05) is 13.2 Å². The topological polar surface area (TPSA) is 35.5 Å². The van der Waals surface area contributed by atoms with Gasteiger partial charge in [0.15, 0.2) is 23.1 Å². The highest BCUT2D eigenvalue weighted by molar-refractivity contribution is 9.10. The molecule has 1 heterocycles. The molecule has 0 aliphatic carbocycles. The molecule has 0 atom stereocenters. The van der Waals surface area contributed by atoms with Crippen LogP contribution in [-0.4, -0.2) is 19.0 Å². The van der Waals surface area contributed by atoms with Gasteiger partial charge in [-0.1, -0.05) is 11.6 Å². The number of hydrogen-bond donors (Lipinski definition) is 0. The van der Waals surface area contributed by atoms with Crippen LogP contribution in [-0.2, 0) is 0 Å². The van der Waals surface area contributed by atoms with E-state index in [1.54, 1.807) is 18.2 Å². The van der Waals surface area contributed by atoms with Crippen molar-refractivity contribution in [2.45, 2.75) is 0 Å². The maximum atomic E-state index is 14.1. The molecule has 0 aromatic heterocycles. The fraction of sp³-hybridized carbons (Fsp3) is 0.133. The third-order valence-electron chi connectivity index (χ3n) is 3.08. The molecule has 3 nitrogen and oxygen atoms in total. The Morgan fingerprint density at radius 2 is 1.86 bits per heavy atom. The van der Waals surface area contributed by atoms with Crippen LogP contribution >= 0.6 is 27.5 Å². The van der Waals surface area contributed by atoms with Gasteiger partial charge in [0, 0.05) is 10.0 Å². The molecule has 0 radical (unpaired) electrons. The minimum atomic E-state index is -0.745. The van der Waals surface area contributed by atoms with Crippen LogP contribution in [0.1, 0.15) is 15.9 Å². The zero-order chi connectivity index (χ0) is 15.0. The summed E-state index contributed by atoms with van der Waals surface area (Å²) in [7, 11) is 0. The third kappa shape index (κ3) is 2.63. The highest BCUT2D eigenvalue weighted by Gasteiger charge is 2.20. The first-order valence-corrected chi connectivity index (χ1v) is 7.33. The van der Waals surface area contributed by atoms with Crippen LogP contribution < -0.4 is 9.47 Å². The minimum Gasteiger partial charge on any atom is -0.486 e. The number of carbonyl (C=O) groups is 1. The van der Waals surface area contributed by atoms with E-state index >= 15 is 0 Å². The average molecular weight is 372 g/mol. The first kappa shape index (κ1) is 14.4. The Bertz CT molecular complexity index is 733. The summed E-state index contributed by atoms with van der Waals surface area (Å²) in [5.74, 6) is -0.146. The summed E-state index contributed by atoms with van der Waals surface area (Å²) >= 11 is 8.93. The van der Waals surface area contributed by atoms with E-state index in [2.05, 4.69) is 15.9 Å². The zero-order valence-electron chi connectivity index (χ0n) is 10.7. The van der Waals surface area contributed by atoms with Crippen molar-refractivity contribution in [1.82, 2.24) is 0 Å². The fourth-order valence-electron chi connectivity index (χ4n) is 2.04. The lowest BCUT2D eigenvalue weighted by Gasteiger charge is -2.18. The molecule has 0 saturated carbocycles. The lowest BCUT2D eigenvalue weighted by atomic mass is 10.0. The quantitative estimate of drug-likeness (QED) is 0.585. The summed E-state index contributed by atoms with van der Waals surface area (Å²) in [5, 5.41) is -0.113. The van der Waals surface area contributed by atoms with Crippen molar-refractivity contribution in [3.05, 3.63) is 56.8 Å². The number of ketones is 1.